The van der Waals surface area contributed by atoms with Gasteiger partial charge in [0.2, 0.25) is 0 Å². The third kappa shape index (κ3) is 18.9. The first-order valence-electron chi connectivity index (χ1n) is 8.72. The standard InChI is InChI=1S/2C10H15.6CO.Co.Nb/c2*1-6-7(2)9(4)10(5)8(6)3;6*1-2;;/h2*1-5H3;;;;;;;;. The summed E-state index contributed by atoms with van der Waals surface area (Å²) in [5.41, 5.74) is 0. The summed E-state index contributed by atoms with van der Waals surface area (Å²) in [6, 6.07) is 0. The quantitative estimate of drug-likeness (QED) is 0.195. The maximum atomic E-state index is 7.50. The Kier molecular flexibility index (Phi) is 59.7. The zero-order valence-corrected chi connectivity index (χ0v) is 24.5. The van der Waals surface area contributed by atoms with Crippen molar-refractivity contribution < 1.29 is 67.1 Å². The van der Waals surface area contributed by atoms with Crippen LogP contribution in [0.2, 0.25) is 0 Å². The van der Waals surface area contributed by atoms with Gasteiger partial charge in [0.15, 0.2) is 0 Å². The Morgan fingerprint density at radius 2 is 0.294 bits per heavy atom. The van der Waals surface area contributed by atoms with Gasteiger partial charge in [0.05, 0.1) is 0 Å². The second kappa shape index (κ2) is 37.2. The molecule has 0 aromatic carbocycles. The van der Waals surface area contributed by atoms with Gasteiger partial charge in [-0.1, -0.05) is 69.2 Å². The molecule has 0 aromatic rings. The van der Waals surface area contributed by atoms with Crippen LogP contribution in [0.5, 0.6) is 0 Å². The first kappa shape index (κ1) is 54.5. The van der Waals surface area contributed by atoms with Crippen LogP contribution in [-0.4, -0.2) is 0 Å². The van der Waals surface area contributed by atoms with Gasteiger partial charge < -0.3 is 0 Å². The van der Waals surface area contributed by atoms with Gasteiger partial charge >= 0.3 is 67.8 Å². The molecule has 0 aromatic heterocycles. The Balaban J connectivity index is -0.0000000442. The van der Waals surface area contributed by atoms with E-state index < -0.39 is 0 Å². The van der Waals surface area contributed by atoms with Crippen molar-refractivity contribution in [3.05, 3.63) is 99.1 Å². The van der Waals surface area contributed by atoms with Crippen molar-refractivity contribution in [2.75, 3.05) is 0 Å². The zero-order chi connectivity index (χ0) is 27.8. The SMILES string of the molecule is C[C]1[C](C)[C](C)[C](C)[C]1C.C[C]1[C](C)[C](C)[C](C)[C]1C.[C-]#[O+].[C-]#[O+].[C-]#[O+].[C-]#[O+].[C-]#[O+].[C-]#[O+].[Co].[Nb]. The van der Waals surface area contributed by atoms with E-state index in [0.717, 1.165) is 0 Å². The Morgan fingerprint density at radius 1 is 0.265 bits per heavy atom. The van der Waals surface area contributed by atoms with Gasteiger partial charge in [-0.15, -0.1) is 0 Å². The summed E-state index contributed by atoms with van der Waals surface area (Å²) in [5.74, 6) is 14.7. The summed E-state index contributed by atoms with van der Waals surface area (Å²) < 4.78 is 45.0. The number of hydrogen-bond donors (Lipinski definition) is 0. The molecule has 2 saturated carbocycles. The van der Waals surface area contributed by atoms with E-state index in [-0.39, 0.29) is 39.2 Å². The van der Waals surface area contributed by atoms with E-state index >= 15 is 0 Å². The van der Waals surface area contributed by atoms with Crippen LogP contribution >= 0.6 is 0 Å². The van der Waals surface area contributed by atoms with Crippen LogP contribution in [0.1, 0.15) is 69.2 Å². The Morgan fingerprint density at radius 3 is 0.324 bits per heavy atom. The molecule has 0 heterocycles. The fourth-order valence-corrected chi connectivity index (χ4v) is 2.81. The maximum absolute atomic E-state index is 7.50. The largest absolute Gasteiger partial charge is 0 e. The molecule has 0 atom stereocenters. The van der Waals surface area contributed by atoms with Crippen LogP contribution in [-0.2, 0) is 67.1 Å². The fourth-order valence-electron chi connectivity index (χ4n) is 2.81. The van der Waals surface area contributed by atoms with Crippen LogP contribution in [0.15, 0.2) is 0 Å². The molecule has 0 saturated heterocycles. The van der Waals surface area contributed by atoms with E-state index in [1.165, 1.54) is 59.2 Å². The van der Waals surface area contributed by atoms with Gasteiger partial charge in [-0.25, -0.2) is 0 Å². The molecule has 34 heavy (non-hydrogen) atoms. The van der Waals surface area contributed by atoms with Crippen molar-refractivity contribution >= 4 is 0 Å². The topological polar surface area (TPSA) is 119 Å². The summed E-state index contributed by atoms with van der Waals surface area (Å²) >= 11 is 0. The van der Waals surface area contributed by atoms with E-state index in [9.17, 15) is 0 Å². The van der Waals surface area contributed by atoms with Gasteiger partial charge in [-0.3, -0.25) is 0 Å². The van der Waals surface area contributed by atoms with Gasteiger partial charge in [0, 0.05) is 39.2 Å². The van der Waals surface area contributed by atoms with E-state index in [0.29, 0.717) is 0 Å². The van der Waals surface area contributed by atoms with Crippen LogP contribution in [0.3, 0.4) is 0 Å². The molecular formula is C26H30CoNbO6. The van der Waals surface area contributed by atoms with Gasteiger partial charge in [-0.2, -0.15) is 0 Å². The summed E-state index contributed by atoms with van der Waals surface area (Å²) in [5, 5.41) is 0. The van der Waals surface area contributed by atoms with Crippen LogP contribution in [0.4, 0.5) is 0 Å². The third-order valence-corrected chi connectivity index (χ3v) is 5.62. The molecule has 12 radical (unpaired) electrons. The molecule has 0 spiro atoms. The maximum Gasteiger partial charge on any atom is 0 e. The van der Waals surface area contributed by atoms with E-state index in [1.807, 2.05) is 0 Å². The summed E-state index contributed by atoms with van der Waals surface area (Å²) in [6.45, 7) is 49.0. The van der Waals surface area contributed by atoms with Crippen molar-refractivity contribution in [1.82, 2.24) is 0 Å². The van der Waals surface area contributed by atoms with Crippen LogP contribution < -0.4 is 0 Å². The zero-order valence-electron chi connectivity index (χ0n) is 21.2. The Labute approximate surface area is 234 Å². The molecule has 184 valence electrons. The first-order chi connectivity index (χ1) is 15.1. The average molecular weight is 590 g/mol. The molecular weight excluding hydrogens is 560 g/mol. The smallest absolute Gasteiger partial charge is 0 e. The second-order valence-electron chi connectivity index (χ2n) is 6.25. The minimum Gasteiger partial charge on any atom is 0 e. The molecule has 6 nitrogen and oxygen atoms in total. The summed E-state index contributed by atoms with van der Waals surface area (Å²) in [4.78, 5) is 0. The molecule has 2 rings (SSSR count). The van der Waals surface area contributed by atoms with Crippen LogP contribution in [0.25, 0.3) is 0 Å². The van der Waals surface area contributed by atoms with Crippen molar-refractivity contribution in [1.29, 1.82) is 0 Å². The minimum atomic E-state index is 0. The average Bonchev–Trinajstić information content (AvgIpc) is 3.16. The van der Waals surface area contributed by atoms with E-state index in [1.54, 1.807) is 0 Å². The van der Waals surface area contributed by atoms with Crippen molar-refractivity contribution in [2.45, 2.75) is 69.2 Å². The van der Waals surface area contributed by atoms with Gasteiger partial charge in [0.25, 0.3) is 0 Å². The van der Waals surface area contributed by atoms with Crippen LogP contribution in [0, 0.1) is 99.1 Å². The van der Waals surface area contributed by atoms with Gasteiger partial charge in [0.1, 0.15) is 0 Å². The molecule has 0 bridgehead atoms. The predicted molar refractivity (Wildman–Crippen MR) is 113 cm³/mol. The second-order valence-corrected chi connectivity index (χ2v) is 6.25. The van der Waals surface area contributed by atoms with Crippen molar-refractivity contribution in [3.63, 3.8) is 0 Å². The summed E-state index contributed by atoms with van der Waals surface area (Å²) in [6.07, 6.45) is 0. The van der Waals surface area contributed by atoms with Crippen molar-refractivity contribution in [3.8, 4) is 0 Å². The molecule has 0 N–H and O–H groups in total. The molecule has 2 aliphatic carbocycles. The monoisotopic (exact) mass is 590 g/mol. The number of hydrogen-bond acceptors (Lipinski definition) is 0. The summed E-state index contributed by atoms with van der Waals surface area (Å²) in [7, 11) is 0. The molecule has 2 fully saturated rings. The fraction of sp³-hybridized carbons (Fsp3) is 0.385. The Bertz CT molecular complexity index is 377. The predicted octanol–water partition coefficient (Wildman–Crippen LogP) is 5.71. The molecule has 0 aliphatic heterocycles. The Hall–Kier alpha value is -0.313. The minimum absolute atomic E-state index is 0. The molecule has 8 heteroatoms. The first-order valence-corrected chi connectivity index (χ1v) is 8.72. The molecule has 0 unspecified atom stereocenters. The van der Waals surface area contributed by atoms with E-state index in [2.05, 4.69) is 109 Å². The normalized spacial score (nSPS) is 17.1. The van der Waals surface area contributed by atoms with Crippen molar-refractivity contribution in [2.24, 2.45) is 0 Å². The molecule has 0 amide bonds. The third-order valence-electron chi connectivity index (χ3n) is 5.62. The van der Waals surface area contributed by atoms with E-state index in [4.69, 9.17) is 27.9 Å². The number of rotatable bonds is 0. The van der Waals surface area contributed by atoms with Gasteiger partial charge in [-0.05, 0) is 59.2 Å². The molecule has 2 aliphatic rings.